The summed E-state index contributed by atoms with van der Waals surface area (Å²) in [5.74, 6) is -1.15. The predicted octanol–water partition coefficient (Wildman–Crippen LogP) is 1.99. The maximum atomic E-state index is 13.0. The van der Waals surface area contributed by atoms with Crippen molar-refractivity contribution in [2.45, 2.75) is 19.6 Å². The minimum atomic E-state index is -4.59. The lowest BCUT2D eigenvalue weighted by atomic mass is 10.3. The summed E-state index contributed by atoms with van der Waals surface area (Å²) >= 11 is 0. The number of alkyl halides is 3. The number of hydrogen-bond donors (Lipinski definition) is 1. The Morgan fingerprint density at radius 2 is 1.95 bits per heavy atom. The van der Waals surface area contributed by atoms with Crippen LogP contribution in [0.15, 0.2) is 24.3 Å². The molecule has 116 valence electrons. The van der Waals surface area contributed by atoms with Crippen LogP contribution in [0.1, 0.15) is 12.7 Å². The number of nitrogens with zero attached hydrogens (tertiary/aromatic N) is 2. The molecule has 1 aromatic carbocycles. The first kappa shape index (κ1) is 15.8. The first-order chi connectivity index (χ1) is 9.74. The molecular weight excluding hydrogens is 307 g/mol. The molecule has 0 radical (unpaired) electrons. The van der Waals surface area contributed by atoms with Gasteiger partial charge in [-0.15, -0.1) is 0 Å². The largest absolute Gasteiger partial charge is 0.449 e. The fraction of sp³-hybridized carbons (Fsp3) is 0.417. The monoisotopic (exact) mass is 321 g/mol. The SMILES string of the molecule is CCS(=O)(=O)NCCn1c(C(F)(F)F)nc2ccccc21. The Morgan fingerprint density at radius 3 is 2.57 bits per heavy atom. The number of benzene rings is 1. The number of fused-ring (bicyclic) bond motifs is 1. The molecule has 2 rings (SSSR count). The molecule has 0 saturated heterocycles. The van der Waals surface area contributed by atoms with Crippen molar-refractivity contribution in [1.29, 1.82) is 0 Å². The van der Waals surface area contributed by atoms with E-state index in [1.165, 1.54) is 19.1 Å². The van der Waals surface area contributed by atoms with Crippen LogP contribution in [0.2, 0.25) is 0 Å². The van der Waals surface area contributed by atoms with E-state index in [1.54, 1.807) is 12.1 Å². The lowest BCUT2D eigenvalue weighted by Crippen LogP contribution is -2.29. The molecule has 5 nitrogen and oxygen atoms in total. The first-order valence-corrected chi connectivity index (χ1v) is 7.89. The van der Waals surface area contributed by atoms with Crippen molar-refractivity contribution in [3.05, 3.63) is 30.1 Å². The van der Waals surface area contributed by atoms with E-state index in [0.717, 1.165) is 4.57 Å². The van der Waals surface area contributed by atoms with Gasteiger partial charge in [0.1, 0.15) is 0 Å². The Balaban J connectivity index is 2.33. The lowest BCUT2D eigenvalue weighted by molar-refractivity contribution is -0.146. The fourth-order valence-electron chi connectivity index (χ4n) is 1.93. The minimum absolute atomic E-state index is 0.121. The van der Waals surface area contributed by atoms with Gasteiger partial charge in [0.15, 0.2) is 0 Å². The van der Waals surface area contributed by atoms with E-state index in [4.69, 9.17) is 0 Å². The van der Waals surface area contributed by atoms with Crippen molar-refractivity contribution in [2.75, 3.05) is 12.3 Å². The van der Waals surface area contributed by atoms with Crippen LogP contribution in [0.3, 0.4) is 0 Å². The molecule has 0 fully saturated rings. The third kappa shape index (κ3) is 3.53. The molecular formula is C12H14F3N3O2S. The summed E-state index contributed by atoms with van der Waals surface area (Å²) in [5, 5.41) is 0. The summed E-state index contributed by atoms with van der Waals surface area (Å²) in [6.45, 7) is 1.18. The molecule has 0 unspecified atom stereocenters. The number of sulfonamides is 1. The summed E-state index contributed by atoms with van der Waals surface area (Å²) in [5.41, 5.74) is 0.545. The maximum absolute atomic E-state index is 13.0. The number of para-hydroxylation sites is 2. The van der Waals surface area contributed by atoms with E-state index in [1.807, 2.05) is 0 Å². The van der Waals surface area contributed by atoms with Gasteiger partial charge in [0, 0.05) is 13.1 Å². The number of hydrogen-bond acceptors (Lipinski definition) is 3. The Hall–Kier alpha value is -1.61. The van der Waals surface area contributed by atoms with Gasteiger partial charge in [0.25, 0.3) is 0 Å². The van der Waals surface area contributed by atoms with E-state index < -0.39 is 22.0 Å². The molecule has 0 aliphatic heterocycles. The third-order valence-corrected chi connectivity index (χ3v) is 4.35. The number of nitrogens with one attached hydrogen (secondary N) is 1. The van der Waals surface area contributed by atoms with Gasteiger partial charge in [-0.2, -0.15) is 13.2 Å². The van der Waals surface area contributed by atoms with Gasteiger partial charge in [0.2, 0.25) is 15.8 Å². The molecule has 0 spiro atoms. The summed E-state index contributed by atoms with van der Waals surface area (Å²) in [4.78, 5) is 3.58. The highest BCUT2D eigenvalue weighted by atomic mass is 32.2. The molecule has 9 heteroatoms. The zero-order valence-corrected chi connectivity index (χ0v) is 12.0. The lowest BCUT2D eigenvalue weighted by Gasteiger charge is -2.11. The quantitative estimate of drug-likeness (QED) is 0.916. The minimum Gasteiger partial charge on any atom is -0.319 e. The highest BCUT2D eigenvalue weighted by molar-refractivity contribution is 7.89. The van der Waals surface area contributed by atoms with Gasteiger partial charge in [-0.25, -0.2) is 18.1 Å². The van der Waals surface area contributed by atoms with Crippen LogP contribution >= 0.6 is 0 Å². The number of rotatable bonds is 5. The molecule has 0 saturated carbocycles. The van der Waals surface area contributed by atoms with Crippen LogP contribution < -0.4 is 4.72 Å². The van der Waals surface area contributed by atoms with Gasteiger partial charge in [-0.3, -0.25) is 0 Å². The predicted molar refractivity (Wildman–Crippen MR) is 72.2 cm³/mol. The van der Waals surface area contributed by atoms with E-state index in [9.17, 15) is 21.6 Å². The topological polar surface area (TPSA) is 64.0 Å². The molecule has 21 heavy (non-hydrogen) atoms. The molecule has 0 bridgehead atoms. The highest BCUT2D eigenvalue weighted by Crippen LogP contribution is 2.31. The van der Waals surface area contributed by atoms with Crippen LogP contribution in [-0.4, -0.2) is 30.3 Å². The van der Waals surface area contributed by atoms with E-state index in [0.29, 0.717) is 5.52 Å². The van der Waals surface area contributed by atoms with Crippen LogP contribution in [0.4, 0.5) is 13.2 Å². The van der Waals surface area contributed by atoms with Crippen LogP contribution in [0, 0.1) is 0 Å². The first-order valence-electron chi connectivity index (χ1n) is 6.24. The molecule has 1 aromatic heterocycles. The molecule has 0 atom stereocenters. The standard InChI is InChI=1S/C12H14F3N3O2S/c1-2-21(19,20)16-7-8-18-10-6-4-3-5-9(10)17-11(18)12(13,14)15/h3-6,16H,2,7-8H2,1H3. The average molecular weight is 321 g/mol. The molecule has 1 N–H and O–H groups in total. The molecule has 0 aliphatic carbocycles. The second-order valence-electron chi connectivity index (χ2n) is 4.37. The molecule has 1 heterocycles. The van der Waals surface area contributed by atoms with Crippen molar-refractivity contribution < 1.29 is 21.6 Å². The number of halogens is 3. The Morgan fingerprint density at radius 1 is 1.29 bits per heavy atom. The van der Waals surface area contributed by atoms with E-state index in [2.05, 4.69) is 9.71 Å². The number of imidazole rings is 1. The Labute approximate surface area is 119 Å². The van der Waals surface area contributed by atoms with Crippen LogP contribution in [0.5, 0.6) is 0 Å². The molecule has 0 aliphatic rings. The summed E-state index contributed by atoms with van der Waals surface area (Å²) in [6, 6.07) is 6.21. The zero-order chi connectivity index (χ0) is 15.7. The van der Waals surface area contributed by atoms with Gasteiger partial charge in [-0.1, -0.05) is 12.1 Å². The van der Waals surface area contributed by atoms with Crippen molar-refractivity contribution in [3.8, 4) is 0 Å². The molecule has 0 amide bonds. The summed E-state index contributed by atoms with van der Waals surface area (Å²) in [6.07, 6.45) is -4.59. The van der Waals surface area contributed by atoms with E-state index in [-0.39, 0.29) is 24.4 Å². The van der Waals surface area contributed by atoms with Crippen LogP contribution in [-0.2, 0) is 22.7 Å². The summed E-state index contributed by atoms with van der Waals surface area (Å²) < 4.78 is 64.8. The number of aromatic nitrogens is 2. The van der Waals surface area contributed by atoms with Crippen molar-refractivity contribution in [1.82, 2.24) is 14.3 Å². The summed E-state index contributed by atoms with van der Waals surface area (Å²) in [7, 11) is -3.44. The van der Waals surface area contributed by atoms with Gasteiger partial charge in [-0.05, 0) is 19.1 Å². The zero-order valence-electron chi connectivity index (χ0n) is 11.2. The van der Waals surface area contributed by atoms with Gasteiger partial charge in [0.05, 0.1) is 16.8 Å². The van der Waals surface area contributed by atoms with E-state index >= 15 is 0 Å². The van der Waals surface area contributed by atoms with Crippen molar-refractivity contribution >= 4 is 21.1 Å². The average Bonchev–Trinajstić information content (AvgIpc) is 2.78. The normalized spacial score (nSPS) is 13.0. The second kappa shape index (κ2) is 5.64. The van der Waals surface area contributed by atoms with Gasteiger partial charge >= 0.3 is 6.18 Å². The van der Waals surface area contributed by atoms with Crippen molar-refractivity contribution in [3.63, 3.8) is 0 Å². The van der Waals surface area contributed by atoms with Crippen LogP contribution in [0.25, 0.3) is 11.0 Å². The third-order valence-electron chi connectivity index (χ3n) is 2.95. The fourth-order valence-corrected chi connectivity index (χ4v) is 2.54. The maximum Gasteiger partial charge on any atom is 0.449 e. The molecule has 2 aromatic rings. The second-order valence-corrected chi connectivity index (χ2v) is 6.47. The Kier molecular flexibility index (Phi) is 4.24. The smallest absolute Gasteiger partial charge is 0.319 e. The Bertz CT molecular complexity index is 738. The van der Waals surface area contributed by atoms with Gasteiger partial charge < -0.3 is 4.57 Å². The van der Waals surface area contributed by atoms with Crippen molar-refractivity contribution in [2.24, 2.45) is 0 Å². The highest BCUT2D eigenvalue weighted by Gasteiger charge is 2.37.